The summed E-state index contributed by atoms with van der Waals surface area (Å²) in [7, 11) is 0. The van der Waals surface area contributed by atoms with E-state index < -0.39 is 0 Å². The van der Waals surface area contributed by atoms with Crippen LogP contribution >= 0.6 is 24.8 Å². The van der Waals surface area contributed by atoms with Gasteiger partial charge in [-0.2, -0.15) is 0 Å². The molecule has 1 saturated heterocycles. The number of nitrogens with one attached hydrogen (secondary N) is 2. The predicted molar refractivity (Wildman–Crippen MR) is 122 cm³/mol. The molecule has 8 heteroatoms. The van der Waals surface area contributed by atoms with Gasteiger partial charge in [0.15, 0.2) is 0 Å². The summed E-state index contributed by atoms with van der Waals surface area (Å²) in [6.07, 6.45) is 5.88. The maximum absolute atomic E-state index is 13.4. The molecule has 1 aliphatic heterocycles. The zero-order valence-corrected chi connectivity index (χ0v) is 17.9. The van der Waals surface area contributed by atoms with E-state index in [0.717, 1.165) is 36.7 Å². The second-order valence-electron chi connectivity index (χ2n) is 7.04. The molecule has 5 nitrogen and oxygen atoms in total. The number of benzene rings is 2. The normalized spacial score (nSPS) is 15.2. The van der Waals surface area contributed by atoms with Gasteiger partial charge in [0.25, 0.3) is 0 Å². The van der Waals surface area contributed by atoms with Crippen molar-refractivity contribution in [1.82, 2.24) is 10.3 Å². The highest BCUT2D eigenvalue weighted by atomic mass is 35.5. The van der Waals surface area contributed by atoms with Gasteiger partial charge in [-0.25, -0.2) is 4.39 Å². The third-order valence-corrected chi connectivity index (χ3v) is 5.02. The Labute approximate surface area is 187 Å². The summed E-state index contributed by atoms with van der Waals surface area (Å²) < 4.78 is 19.3. The van der Waals surface area contributed by atoms with E-state index in [1.807, 2.05) is 6.07 Å². The molecular weight excluding hydrogens is 428 g/mol. The zero-order valence-electron chi connectivity index (χ0n) is 16.3. The number of aromatic nitrogens is 1. The third-order valence-electron chi connectivity index (χ3n) is 5.02. The molecule has 0 aliphatic carbocycles. The zero-order chi connectivity index (χ0) is 19.3. The summed E-state index contributed by atoms with van der Waals surface area (Å²) >= 11 is 0. The van der Waals surface area contributed by atoms with Crippen LogP contribution in [0.25, 0.3) is 10.8 Å². The fraction of sp³-hybridized carbons (Fsp3) is 0.273. The summed E-state index contributed by atoms with van der Waals surface area (Å²) in [4.78, 5) is 16.6. The molecule has 0 saturated carbocycles. The van der Waals surface area contributed by atoms with Crippen LogP contribution in [0.1, 0.15) is 19.3 Å². The lowest BCUT2D eigenvalue weighted by Crippen LogP contribution is -2.15. The molecule has 1 atom stereocenters. The number of anilines is 1. The lowest BCUT2D eigenvalue weighted by molar-refractivity contribution is -0.116. The SMILES string of the molecule is Cl.Cl.O=C(CCC1CCNC1)Nc1ccc(Oc2cccc(F)c2)c2ccncc12. The van der Waals surface area contributed by atoms with Crippen molar-refractivity contribution < 1.29 is 13.9 Å². The van der Waals surface area contributed by atoms with Crippen molar-refractivity contribution >= 4 is 47.2 Å². The van der Waals surface area contributed by atoms with Gasteiger partial charge in [0.05, 0.1) is 5.69 Å². The van der Waals surface area contributed by atoms with Crippen LogP contribution in [0.15, 0.2) is 54.9 Å². The van der Waals surface area contributed by atoms with Crippen LogP contribution in [0.3, 0.4) is 0 Å². The standard InChI is InChI=1S/C22H22FN3O2.2ClH/c23-16-2-1-3-17(12-16)28-21-6-5-20(19-14-25-11-9-18(19)21)26-22(27)7-4-15-8-10-24-13-15;;/h1-3,5-6,9,11-12,14-15,24H,4,7-8,10,13H2,(H,26,27);2*1H. The van der Waals surface area contributed by atoms with Crippen LogP contribution in [0.2, 0.25) is 0 Å². The highest BCUT2D eigenvalue weighted by Gasteiger charge is 2.16. The first kappa shape index (κ1) is 23.9. The topological polar surface area (TPSA) is 63.2 Å². The summed E-state index contributed by atoms with van der Waals surface area (Å²) in [5, 5.41) is 7.90. The molecule has 30 heavy (non-hydrogen) atoms. The van der Waals surface area contributed by atoms with Crippen LogP contribution in [-0.2, 0) is 4.79 Å². The van der Waals surface area contributed by atoms with Crippen LogP contribution in [0.5, 0.6) is 11.5 Å². The van der Waals surface area contributed by atoms with Gasteiger partial charge in [0, 0.05) is 35.7 Å². The number of hydrogen-bond acceptors (Lipinski definition) is 4. The number of carbonyl (C=O) groups is 1. The first-order valence-corrected chi connectivity index (χ1v) is 9.50. The van der Waals surface area contributed by atoms with E-state index in [0.29, 0.717) is 29.5 Å². The minimum atomic E-state index is -0.357. The Balaban J connectivity index is 0.00000160. The van der Waals surface area contributed by atoms with Gasteiger partial charge < -0.3 is 15.4 Å². The van der Waals surface area contributed by atoms with E-state index in [1.165, 1.54) is 12.1 Å². The van der Waals surface area contributed by atoms with Crippen LogP contribution < -0.4 is 15.4 Å². The molecule has 1 amide bonds. The monoisotopic (exact) mass is 451 g/mol. The Morgan fingerprint density at radius 2 is 2.07 bits per heavy atom. The van der Waals surface area contributed by atoms with Crippen molar-refractivity contribution in [1.29, 1.82) is 0 Å². The molecule has 1 unspecified atom stereocenters. The van der Waals surface area contributed by atoms with Gasteiger partial charge in [-0.3, -0.25) is 9.78 Å². The first-order valence-electron chi connectivity index (χ1n) is 9.50. The predicted octanol–water partition coefficient (Wildman–Crippen LogP) is 5.34. The number of nitrogens with zero attached hydrogens (tertiary/aromatic N) is 1. The molecule has 2 heterocycles. The fourth-order valence-corrected chi connectivity index (χ4v) is 3.53. The molecule has 2 N–H and O–H groups in total. The van der Waals surface area contributed by atoms with Crippen molar-refractivity contribution in [3.8, 4) is 11.5 Å². The maximum Gasteiger partial charge on any atom is 0.224 e. The van der Waals surface area contributed by atoms with E-state index in [9.17, 15) is 9.18 Å². The molecule has 2 aromatic carbocycles. The number of halogens is 3. The van der Waals surface area contributed by atoms with Crippen molar-refractivity contribution in [3.63, 3.8) is 0 Å². The molecule has 3 aromatic rings. The van der Waals surface area contributed by atoms with Crippen molar-refractivity contribution in [2.45, 2.75) is 19.3 Å². The molecule has 4 rings (SSSR count). The molecular formula is C22H24Cl2FN3O2. The quantitative estimate of drug-likeness (QED) is 0.530. The third kappa shape index (κ3) is 5.81. The molecule has 1 aromatic heterocycles. The highest BCUT2D eigenvalue weighted by molar-refractivity contribution is 6.03. The number of ether oxygens (including phenoxy) is 1. The van der Waals surface area contributed by atoms with E-state index in [1.54, 1.807) is 36.7 Å². The van der Waals surface area contributed by atoms with Crippen LogP contribution in [0.4, 0.5) is 10.1 Å². The minimum absolute atomic E-state index is 0. The largest absolute Gasteiger partial charge is 0.457 e. The van der Waals surface area contributed by atoms with E-state index in [4.69, 9.17) is 4.74 Å². The van der Waals surface area contributed by atoms with Gasteiger partial charge in [0.2, 0.25) is 5.91 Å². The second kappa shape index (κ2) is 11.1. The lowest BCUT2D eigenvalue weighted by atomic mass is 10.0. The van der Waals surface area contributed by atoms with E-state index in [-0.39, 0.29) is 36.5 Å². The number of amides is 1. The molecule has 0 radical (unpaired) electrons. The number of fused-ring (bicyclic) bond motifs is 1. The Morgan fingerprint density at radius 3 is 2.83 bits per heavy atom. The number of carbonyl (C=O) groups excluding carboxylic acids is 1. The van der Waals surface area contributed by atoms with Gasteiger partial charge in [-0.05, 0) is 62.2 Å². The summed E-state index contributed by atoms with van der Waals surface area (Å²) in [5.41, 5.74) is 0.698. The van der Waals surface area contributed by atoms with Gasteiger partial charge in [-0.15, -0.1) is 24.8 Å². The van der Waals surface area contributed by atoms with Crippen LogP contribution in [-0.4, -0.2) is 24.0 Å². The minimum Gasteiger partial charge on any atom is -0.457 e. The number of pyridine rings is 1. The number of hydrogen-bond donors (Lipinski definition) is 2. The molecule has 0 spiro atoms. The average molecular weight is 452 g/mol. The first-order chi connectivity index (χ1) is 13.7. The fourth-order valence-electron chi connectivity index (χ4n) is 3.53. The highest BCUT2D eigenvalue weighted by Crippen LogP contribution is 2.34. The Bertz CT molecular complexity index is 997. The summed E-state index contributed by atoms with van der Waals surface area (Å²) in [5.74, 6) is 1.21. The van der Waals surface area contributed by atoms with E-state index in [2.05, 4.69) is 15.6 Å². The van der Waals surface area contributed by atoms with Gasteiger partial charge >= 0.3 is 0 Å². The van der Waals surface area contributed by atoms with Crippen molar-refractivity contribution in [2.24, 2.45) is 5.92 Å². The van der Waals surface area contributed by atoms with Gasteiger partial charge in [0.1, 0.15) is 17.3 Å². The van der Waals surface area contributed by atoms with E-state index >= 15 is 0 Å². The van der Waals surface area contributed by atoms with Crippen molar-refractivity contribution in [3.05, 3.63) is 60.7 Å². The second-order valence-corrected chi connectivity index (χ2v) is 7.04. The Morgan fingerprint density at radius 1 is 1.20 bits per heavy atom. The maximum atomic E-state index is 13.4. The Kier molecular flexibility index (Phi) is 8.84. The summed E-state index contributed by atoms with van der Waals surface area (Å²) in [6.45, 7) is 2.03. The number of rotatable bonds is 6. The molecule has 0 bridgehead atoms. The Hall–Kier alpha value is -2.41. The average Bonchev–Trinajstić information content (AvgIpc) is 3.22. The smallest absolute Gasteiger partial charge is 0.224 e. The molecule has 1 fully saturated rings. The summed E-state index contributed by atoms with van der Waals surface area (Å²) in [6, 6.07) is 11.4. The van der Waals surface area contributed by atoms with Crippen molar-refractivity contribution in [2.75, 3.05) is 18.4 Å². The lowest BCUT2D eigenvalue weighted by Gasteiger charge is -2.13. The molecule has 160 valence electrons. The van der Waals surface area contributed by atoms with Gasteiger partial charge in [-0.1, -0.05) is 6.07 Å². The van der Waals surface area contributed by atoms with Crippen LogP contribution in [0, 0.1) is 11.7 Å². The molecule has 1 aliphatic rings.